The number of hydrogen-bond acceptors (Lipinski definition) is 2. The van der Waals surface area contributed by atoms with Crippen LogP contribution in [-0.2, 0) is 4.79 Å². The molecule has 0 heterocycles. The summed E-state index contributed by atoms with van der Waals surface area (Å²) in [6, 6.07) is 0.0301. The van der Waals surface area contributed by atoms with Crippen molar-refractivity contribution in [1.29, 1.82) is 0 Å². The number of amides is 1. The zero-order valence-corrected chi connectivity index (χ0v) is 5.42. The molecule has 0 saturated heterocycles. The van der Waals surface area contributed by atoms with Crippen molar-refractivity contribution in [1.82, 2.24) is 5.32 Å². The lowest BCUT2D eigenvalue weighted by Crippen LogP contribution is -2.49. The van der Waals surface area contributed by atoms with Crippen LogP contribution in [0.15, 0.2) is 0 Å². The van der Waals surface area contributed by atoms with E-state index in [9.17, 15) is 4.79 Å². The van der Waals surface area contributed by atoms with Crippen LogP contribution in [0.3, 0.4) is 0 Å². The van der Waals surface area contributed by atoms with E-state index in [-0.39, 0.29) is 18.1 Å². The molecule has 9 heavy (non-hydrogen) atoms. The number of hydrogen-bond donors (Lipinski definition) is 2. The maximum Gasteiger partial charge on any atom is 0.217 e. The molecule has 0 aromatic carbocycles. The molecule has 0 spiro atoms. The van der Waals surface area contributed by atoms with Crippen molar-refractivity contribution in [3.8, 4) is 0 Å². The first kappa shape index (κ1) is 6.55. The minimum absolute atomic E-state index is 0.0301. The van der Waals surface area contributed by atoms with Gasteiger partial charge in [0.1, 0.15) is 0 Å². The molecule has 1 aliphatic carbocycles. The van der Waals surface area contributed by atoms with Crippen LogP contribution in [0.4, 0.5) is 0 Å². The molecule has 1 saturated carbocycles. The molecule has 1 aliphatic rings. The average Bonchev–Trinajstić information content (AvgIpc) is 1.79. The molecule has 0 aromatic rings. The topological polar surface area (TPSA) is 49.3 Å². The summed E-state index contributed by atoms with van der Waals surface area (Å²) in [6.07, 6.45) is 1.44. The van der Waals surface area contributed by atoms with E-state index < -0.39 is 0 Å². The molecular formula is C6H11NO2. The maximum absolute atomic E-state index is 10.4. The van der Waals surface area contributed by atoms with E-state index in [0.29, 0.717) is 0 Å². The summed E-state index contributed by atoms with van der Waals surface area (Å²) >= 11 is 0. The summed E-state index contributed by atoms with van der Waals surface area (Å²) in [5, 5.41) is 11.6. The van der Waals surface area contributed by atoms with Crippen molar-refractivity contribution >= 4 is 5.91 Å². The Morgan fingerprint density at radius 3 is 2.44 bits per heavy atom. The zero-order chi connectivity index (χ0) is 6.85. The molecule has 3 heteroatoms. The first-order valence-electron chi connectivity index (χ1n) is 3.15. The second kappa shape index (κ2) is 2.35. The van der Waals surface area contributed by atoms with Crippen LogP contribution < -0.4 is 5.32 Å². The van der Waals surface area contributed by atoms with Crippen LogP contribution in [0.5, 0.6) is 0 Å². The van der Waals surface area contributed by atoms with Crippen molar-refractivity contribution in [2.75, 3.05) is 0 Å². The Hall–Kier alpha value is -0.570. The van der Waals surface area contributed by atoms with Crippen LogP contribution >= 0.6 is 0 Å². The van der Waals surface area contributed by atoms with Gasteiger partial charge >= 0.3 is 0 Å². The third-order valence-electron chi connectivity index (χ3n) is 1.63. The normalized spacial score (nSPS) is 33.1. The van der Waals surface area contributed by atoms with E-state index in [1.807, 2.05) is 0 Å². The molecular weight excluding hydrogens is 118 g/mol. The van der Waals surface area contributed by atoms with E-state index in [1.165, 1.54) is 6.92 Å². The Morgan fingerprint density at radius 2 is 2.33 bits per heavy atom. The van der Waals surface area contributed by atoms with E-state index in [0.717, 1.165) is 12.8 Å². The minimum atomic E-state index is -0.297. The van der Waals surface area contributed by atoms with Crippen LogP contribution in [0, 0.1) is 0 Å². The second-order valence-corrected chi connectivity index (χ2v) is 2.45. The van der Waals surface area contributed by atoms with Gasteiger partial charge < -0.3 is 10.4 Å². The molecule has 1 rings (SSSR count). The predicted molar refractivity (Wildman–Crippen MR) is 32.8 cm³/mol. The highest BCUT2D eigenvalue weighted by atomic mass is 16.3. The van der Waals surface area contributed by atoms with Crippen molar-refractivity contribution in [2.24, 2.45) is 0 Å². The summed E-state index contributed by atoms with van der Waals surface area (Å²) in [7, 11) is 0. The molecule has 2 N–H and O–H groups in total. The molecule has 0 unspecified atom stereocenters. The molecule has 3 nitrogen and oxygen atoms in total. The standard InChI is InChI=1S/C6H11NO2/c1-4(8)7-5-2-3-6(5)9/h5-6,9H,2-3H2,1H3,(H,7,8)/t5-,6-/m1/s1. The van der Waals surface area contributed by atoms with E-state index in [2.05, 4.69) is 5.32 Å². The largest absolute Gasteiger partial charge is 0.391 e. The van der Waals surface area contributed by atoms with Gasteiger partial charge in [-0.1, -0.05) is 0 Å². The van der Waals surface area contributed by atoms with Gasteiger partial charge in [-0.2, -0.15) is 0 Å². The van der Waals surface area contributed by atoms with E-state index in [1.54, 1.807) is 0 Å². The maximum atomic E-state index is 10.4. The second-order valence-electron chi connectivity index (χ2n) is 2.45. The van der Waals surface area contributed by atoms with Gasteiger partial charge in [0.05, 0.1) is 12.1 Å². The van der Waals surface area contributed by atoms with Gasteiger partial charge in [0.2, 0.25) is 5.91 Å². The first-order valence-corrected chi connectivity index (χ1v) is 3.15. The molecule has 1 amide bonds. The van der Waals surface area contributed by atoms with Gasteiger partial charge in [-0.25, -0.2) is 0 Å². The summed E-state index contributed by atoms with van der Waals surface area (Å²) in [5.74, 6) is -0.0567. The fourth-order valence-corrected chi connectivity index (χ4v) is 0.912. The summed E-state index contributed by atoms with van der Waals surface area (Å²) in [4.78, 5) is 10.4. The molecule has 2 atom stereocenters. The lowest BCUT2D eigenvalue weighted by molar-refractivity contribution is -0.121. The minimum Gasteiger partial charge on any atom is -0.391 e. The van der Waals surface area contributed by atoms with Gasteiger partial charge in [0.15, 0.2) is 0 Å². The van der Waals surface area contributed by atoms with Crippen LogP contribution in [0.1, 0.15) is 19.8 Å². The van der Waals surface area contributed by atoms with Gasteiger partial charge in [-0.3, -0.25) is 4.79 Å². The fraction of sp³-hybridized carbons (Fsp3) is 0.833. The molecule has 52 valence electrons. The van der Waals surface area contributed by atoms with Gasteiger partial charge in [-0.15, -0.1) is 0 Å². The summed E-state index contributed by atoms with van der Waals surface area (Å²) in [6.45, 7) is 1.46. The van der Waals surface area contributed by atoms with Crippen molar-refractivity contribution in [2.45, 2.75) is 31.9 Å². The predicted octanol–water partition coefficient (Wildman–Crippen LogP) is -0.354. The average molecular weight is 129 g/mol. The number of nitrogens with one attached hydrogen (secondary N) is 1. The van der Waals surface area contributed by atoms with Gasteiger partial charge in [-0.05, 0) is 12.8 Å². The Morgan fingerprint density at radius 1 is 1.67 bits per heavy atom. The third kappa shape index (κ3) is 1.42. The lowest BCUT2D eigenvalue weighted by atomic mass is 9.89. The summed E-state index contributed by atoms with van der Waals surface area (Å²) in [5.41, 5.74) is 0. The zero-order valence-electron chi connectivity index (χ0n) is 5.42. The number of carbonyl (C=O) groups excluding carboxylic acids is 1. The molecule has 0 aliphatic heterocycles. The van der Waals surface area contributed by atoms with Gasteiger partial charge in [0.25, 0.3) is 0 Å². The van der Waals surface area contributed by atoms with E-state index in [4.69, 9.17) is 5.11 Å². The Balaban J connectivity index is 2.21. The first-order chi connectivity index (χ1) is 4.20. The van der Waals surface area contributed by atoms with Crippen LogP contribution in [-0.4, -0.2) is 23.2 Å². The third-order valence-corrected chi connectivity index (χ3v) is 1.63. The smallest absolute Gasteiger partial charge is 0.217 e. The van der Waals surface area contributed by atoms with Gasteiger partial charge in [0, 0.05) is 6.92 Å². The number of carbonyl (C=O) groups is 1. The molecule has 1 fully saturated rings. The van der Waals surface area contributed by atoms with Crippen LogP contribution in [0.2, 0.25) is 0 Å². The number of aliphatic hydroxyl groups is 1. The fourth-order valence-electron chi connectivity index (χ4n) is 0.912. The van der Waals surface area contributed by atoms with Crippen LogP contribution in [0.25, 0.3) is 0 Å². The quantitative estimate of drug-likeness (QED) is 0.508. The van der Waals surface area contributed by atoms with Crippen molar-refractivity contribution in [3.05, 3.63) is 0 Å². The molecule has 0 radical (unpaired) electrons. The highest BCUT2D eigenvalue weighted by Crippen LogP contribution is 2.18. The lowest BCUT2D eigenvalue weighted by Gasteiger charge is -2.32. The molecule has 0 aromatic heterocycles. The Bertz CT molecular complexity index is 124. The molecule has 0 bridgehead atoms. The Kier molecular flexibility index (Phi) is 1.71. The monoisotopic (exact) mass is 129 g/mol. The number of rotatable bonds is 1. The van der Waals surface area contributed by atoms with Crippen molar-refractivity contribution in [3.63, 3.8) is 0 Å². The Labute approximate surface area is 54.1 Å². The highest BCUT2D eigenvalue weighted by molar-refractivity contribution is 5.73. The SMILES string of the molecule is CC(=O)N[C@@H]1CC[C@H]1O. The van der Waals surface area contributed by atoms with Crippen molar-refractivity contribution < 1.29 is 9.90 Å². The number of aliphatic hydroxyl groups excluding tert-OH is 1. The summed E-state index contributed by atoms with van der Waals surface area (Å²) < 4.78 is 0. The van der Waals surface area contributed by atoms with E-state index >= 15 is 0 Å². The highest BCUT2D eigenvalue weighted by Gasteiger charge is 2.28.